The standard InChI is InChI=1S/C26H52/c1-9-12-13-14-15-24-19-26(24,18-23(8)21(6)10-2)25(22(7)11-3)17-16-20(4)5/h20-25H,9-19H2,1-8H3. The molecule has 0 amide bonds. The monoisotopic (exact) mass is 364 g/mol. The van der Waals surface area contributed by atoms with Crippen molar-refractivity contribution >= 4 is 0 Å². The maximum atomic E-state index is 2.56. The lowest BCUT2D eigenvalue weighted by atomic mass is 9.68. The van der Waals surface area contributed by atoms with Crippen LogP contribution in [-0.4, -0.2) is 0 Å². The Kier molecular flexibility index (Phi) is 10.9. The molecule has 0 aromatic carbocycles. The van der Waals surface area contributed by atoms with Crippen LogP contribution in [0.15, 0.2) is 0 Å². The van der Waals surface area contributed by atoms with E-state index in [1.54, 1.807) is 6.42 Å². The van der Waals surface area contributed by atoms with E-state index in [0.29, 0.717) is 5.41 Å². The number of hydrogen-bond donors (Lipinski definition) is 0. The van der Waals surface area contributed by atoms with E-state index in [-0.39, 0.29) is 0 Å². The van der Waals surface area contributed by atoms with E-state index in [0.717, 1.165) is 35.5 Å². The molecule has 6 unspecified atom stereocenters. The second-order valence-electron chi connectivity index (χ2n) is 10.5. The van der Waals surface area contributed by atoms with E-state index >= 15 is 0 Å². The molecule has 1 rings (SSSR count). The minimum Gasteiger partial charge on any atom is -0.0654 e. The van der Waals surface area contributed by atoms with E-state index < -0.39 is 0 Å². The van der Waals surface area contributed by atoms with Gasteiger partial charge < -0.3 is 0 Å². The molecule has 1 aliphatic carbocycles. The van der Waals surface area contributed by atoms with Crippen LogP contribution in [0.2, 0.25) is 0 Å². The molecule has 0 nitrogen and oxygen atoms in total. The normalized spacial score (nSPS) is 27.3. The zero-order valence-electron chi connectivity index (χ0n) is 19.7. The topological polar surface area (TPSA) is 0 Å². The molecule has 0 spiro atoms. The van der Waals surface area contributed by atoms with Crippen molar-refractivity contribution < 1.29 is 0 Å². The highest BCUT2D eigenvalue weighted by atomic mass is 14.6. The lowest BCUT2D eigenvalue weighted by molar-refractivity contribution is 0.126. The first kappa shape index (κ1) is 24.0. The van der Waals surface area contributed by atoms with Gasteiger partial charge in [0.2, 0.25) is 0 Å². The number of hydrogen-bond acceptors (Lipinski definition) is 0. The molecule has 6 atom stereocenters. The minimum atomic E-state index is 0.694. The summed E-state index contributed by atoms with van der Waals surface area (Å²) in [5.41, 5.74) is 0.694. The molecule has 1 fully saturated rings. The second-order valence-corrected chi connectivity index (χ2v) is 10.5. The van der Waals surface area contributed by atoms with Crippen molar-refractivity contribution in [2.75, 3.05) is 0 Å². The first-order valence-corrected chi connectivity index (χ1v) is 12.3. The molecule has 0 aromatic heterocycles. The molecule has 0 heteroatoms. The van der Waals surface area contributed by atoms with Gasteiger partial charge in [-0.2, -0.15) is 0 Å². The third-order valence-electron chi connectivity index (χ3n) is 8.13. The second kappa shape index (κ2) is 11.8. The summed E-state index contributed by atoms with van der Waals surface area (Å²) < 4.78 is 0. The average molecular weight is 365 g/mol. The number of unbranched alkanes of at least 4 members (excludes halogenated alkanes) is 3. The van der Waals surface area contributed by atoms with E-state index in [4.69, 9.17) is 0 Å². The molecule has 1 saturated carbocycles. The van der Waals surface area contributed by atoms with Gasteiger partial charge in [-0.1, -0.05) is 100 Å². The molecule has 0 bridgehead atoms. The zero-order chi connectivity index (χ0) is 19.7. The Bertz CT molecular complexity index is 357. The fraction of sp³-hybridized carbons (Fsp3) is 1.00. The highest BCUT2D eigenvalue weighted by Crippen LogP contribution is 2.66. The van der Waals surface area contributed by atoms with Gasteiger partial charge in [0.1, 0.15) is 0 Å². The van der Waals surface area contributed by atoms with Gasteiger partial charge in [0.05, 0.1) is 0 Å². The highest BCUT2D eigenvalue weighted by molar-refractivity contribution is 5.07. The fourth-order valence-electron chi connectivity index (χ4n) is 5.60. The fourth-order valence-corrected chi connectivity index (χ4v) is 5.60. The van der Waals surface area contributed by atoms with Gasteiger partial charge in [-0.25, -0.2) is 0 Å². The van der Waals surface area contributed by atoms with Crippen molar-refractivity contribution in [3.63, 3.8) is 0 Å². The van der Waals surface area contributed by atoms with Crippen molar-refractivity contribution in [2.45, 2.75) is 126 Å². The van der Waals surface area contributed by atoms with Crippen LogP contribution in [0.4, 0.5) is 0 Å². The van der Waals surface area contributed by atoms with Crippen molar-refractivity contribution in [3.05, 3.63) is 0 Å². The Morgan fingerprint density at radius 1 is 0.769 bits per heavy atom. The molecule has 156 valence electrons. The molecule has 1 aliphatic rings. The van der Waals surface area contributed by atoms with Gasteiger partial charge in [-0.15, -0.1) is 0 Å². The van der Waals surface area contributed by atoms with E-state index in [2.05, 4.69) is 55.4 Å². The molecule has 0 heterocycles. The summed E-state index contributed by atoms with van der Waals surface area (Å²) >= 11 is 0. The largest absolute Gasteiger partial charge is 0.0654 e. The Hall–Kier alpha value is 0. The van der Waals surface area contributed by atoms with Gasteiger partial charge in [0, 0.05) is 0 Å². The molecule has 26 heavy (non-hydrogen) atoms. The van der Waals surface area contributed by atoms with Crippen LogP contribution in [0.3, 0.4) is 0 Å². The lowest BCUT2D eigenvalue weighted by Crippen LogP contribution is -2.28. The van der Waals surface area contributed by atoms with Gasteiger partial charge in [-0.05, 0) is 66.6 Å². The van der Waals surface area contributed by atoms with Gasteiger partial charge in [0.25, 0.3) is 0 Å². The Morgan fingerprint density at radius 3 is 1.96 bits per heavy atom. The van der Waals surface area contributed by atoms with Crippen LogP contribution in [0.25, 0.3) is 0 Å². The molecular formula is C26H52. The van der Waals surface area contributed by atoms with Crippen molar-refractivity contribution in [1.82, 2.24) is 0 Å². The highest BCUT2D eigenvalue weighted by Gasteiger charge is 2.58. The first-order valence-electron chi connectivity index (χ1n) is 12.3. The predicted octanol–water partition coefficient (Wildman–Crippen LogP) is 9.13. The molecule has 0 aliphatic heterocycles. The first-order chi connectivity index (χ1) is 12.3. The Morgan fingerprint density at radius 2 is 1.42 bits per heavy atom. The van der Waals surface area contributed by atoms with Crippen LogP contribution in [0.1, 0.15) is 126 Å². The maximum absolute atomic E-state index is 2.56. The summed E-state index contributed by atoms with van der Waals surface area (Å²) in [5.74, 6) is 5.54. The van der Waals surface area contributed by atoms with Crippen LogP contribution in [-0.2, 0) is 0 Å². The molecule has 0 N–H and O–H groups in total. The zero-order valence-corrected chi connectivity index (χ0v) is 19.7. The van der Waals surface area contributed by atoms with Crippen LogP contribution >= 0.6 is 0 Å². The molecule has 0 saturated heterocycles. The number of rotatable bonds is 15. The summed E-state index contributed by atoms with van der Waals surface area (Å²) in [6.45, 7) is 19.6. The van der Waals surface area contributed by atoms with Crippen LogP contribution in [0.5, 0.6) is 0 Å². The van der Waals surface area contributed by atoms with Gasteiger partial charge in [-0.3, -0.25) is 0 Å². The third kappa shape index (κ3) is 6.87. The predicted molar refractivity (Wildman–Crippen MR) is 120 cm³/mol. The quantitative estimate of drug-likeness (QED) is 0.254. The van der Waals surface area contributed by atoms with Crippen molar-refractivity contribution in [3.8, 4) is 0 Å². The summed E-state index contributed by atoms with van der Waals surface area (Å²) in [6.07, 6.45) is 15.9. The smallest absolute Gasteiger partial charge is 0.0233 e. The molecule has 0 radical (unpaired) electrons. The summed E-state index contributed by atoms with van der Waals surface area (Å²) in [6, 6.07) is 0. The summed E-state index contributed by atoms with van der Waals surface area (Å²) in [4.78, 5) is 0. The molecular weight excluding hydrogens is 312 g/mol. The van der Waals surface area contributed by atoms with Crippen LogP contribution in [0, 0.1) is 40.9 Å². The Balaban J connectivity index is 2.87. The van der Waals surface area contributed by atoms with Crippen LogP contribution < -0.4 is 0 Å². The third-order valence-corrected chi connectivity index (χ3v) is 8.13. The summed E-state index contributed by atoms with van der Waals surface area (Å²) in [5, 5.41) is 0. The van der Waals surface area contributed by atoms with Crippen molar-refractivity contribution in [1.29, 1.82) is 0 Å². The van der Waals surface area contributed by atoms with Gasteiger partial charge in [0.15, 0.2) is 0 Å². The van der Waals surface area contributed by atoms with E-state index in [1.807, 2.05) is 0 Å². The van der Waals surface area contributed by atoms with Crippen molar-refractivity contribution in [2.24, 2.45) is 40.9 Å². The summed E-state index contributed by atoms with van der Waals surface area (Å²) in [7, 11) is 0. The Labute approximate surface area is 167 Å². The SMILES string of the molecule is CCCCCCC1CC1(CC(C)C(C)CC)C(CCC(C)C)C(C)CC. The average Bonchev–Trinajstić information content (AvgIpc) is 3.30. The van der Waals surface area contributed by atoms with E-state index in [9.17, 15) is 0 Å². The maximum Gasteiger partial charge on any atom is -0.0233 e. The van der Waals surface area contributed by atoms with E-state index in [1.165, 1.54) is 64.2 Å². The minimum absolute atomic E-state index is 0.694. The lowest BCUT2D eigenvalue weighted by Gasteiger charge is -2.37. The van der Waals surface area contributed by atoms with Gasteiger partial charge >= 0.3 is 0 Å². The molecule has 0 aromatic rings.